The number of hydrogen-bond acceptors (Lipinski definition) is 12. The van der Waals surface area contributed by atoms with Crippen LogP contribution in [0.4, 0.5) is 0 Å². The van der Waals surface area contributed by atoms with Crippen LogP contribution in [0, 0.1) is 10.7 Å². The number of ether oxygens (including phenoxy) is 6. The fourth-order valence-corrected chi connectivity index (χ4v) is 5.49. The van der Waals surface area contributed by atoms with Crippen LogP contribution in [0.25, 0.3) is 0 Å². The molecule has 1 aromatic heterocycles. The van der Waals surface area contributed by atoms with Gasteiger partial charge in [0.1, 0.15) is 24.6 Å². The Hall–Kier alpha value is -3.98. The van der Waals surface area contributed by atoms with Crippen LogP contribution >= 0.6 is 12.2 Å². The molecule has 0 spiro atoms. The van der Waals surface area contributed by atoms with Crippen LogP contribution in [0.2, 0.25) is 0 Å². The highest BCUT2D eigenvalue weighted by Gasteiger charge is 2.52. The van der Waals surface area contributed by atoms with Gasteiger partial charge in [0.2, 0.25) is 5.91 Å². The first-order valence-electron chi connectivity index (χ1n) is 14.5. The SMILES string of the molecule is COc1ccc(CCc2nn([C@@H]3O[C@H](COC(C)=O)[C@@H](OC(C)=O)[C@H](OC(C)=O)[C@H]3NC(C)=O)c(=S)n2CC(C)C)cc1OC. The van der Waals surface area contributed by atoms with E-state index in [0.29, 0.717) is 41.5 Å². The minimum atomic E-state index is -1.23. The summed E-state index contributed by atoms with van der Waals surface area (Å²) >= 11 is 5.91. The molecule has 1 fully saturated rings. The third kappa shape index (κ3) is 9.26. The van der Waals surface area contributed by atoms with Crippen LogP contribution in [0.1, 0.15) is 59.2 Å². The fourth-order valence-electron chi connectivity index (χ4n) is 5.16. The Morgan fingerprint density at radius 1 is 0.956 bits per heavy atom. The molecule has 1 amide bonds. The Labute approximate surface area is 267 Å². The molecule has 15 heteroatoms. The Morgan fingerprint density at radius 2 is 1.60 bits per heavy atom. The van der Waals surface area contributed by atoms with Gasteiger partial charge in [-0.05, 0) is 42.3 Å². The summed E-state index contributed by atoms with van der Waals surface area (Å²) in [7, 11) is 3.14. The van der Waals surface area contributed by atoms with Crippen LogP contribution in [-0.4, -0.2) is 83.3 Å². The lowest BCUT2D eigenvalue weighted by Gasteiger charge is -2.45. The van der Waals surface area contributed by atoms with Gasteiger partial charge < -0.3 is 38.3 Å². The maximum atomic E-state index is 12.4. The van der Waals surface area contributed by atoms with Crippen molar-refractivity contribution < 1.29 is 47.6 Å². The molecule has 0 bridgehead atoms. The molecule has 5 atom stereocenters. The Morgan fingerprint density at radius 3 is 2.16 bits per heavy atom. The lowest BCUT2D eigenvalue weighted by Crippen LogP contribution is -2.64. The molecule has 1 saturated heterocycles. The van der Waals surface area contributed by atoms with Crippen molar-refractivity contribution in [1.29, 1.82) is 0 Å². The molecule has 248 valence electrons. The molecule has 1 aliphatic rings. The van der Waals surface area contributed by atoms with Gasteiger partial charge in [-0.1, -0.05) is 19.9 Å². The number of esters is 3. The molecule has 0 saturated carbocycles. The second kappa shape index (κ2) is 15.8. The van der Waals surface area contributed by atoms with E-state index in [9.17, 15) is 19.2 Å². The fraction of sp³-hybridized carbons (Fsp3) is 0.600. The van der Waals surface area contributed by atoms with Crippen molar-refractivity contribution in [2.75, 3.05) is 20.8 Å². The van der Waals surface area contributed by atoms with E-state index in [1.807, 2.05) is 36.6 Å². The summed E-state index contributed by atoms with van der Waals surface area (Å²) in [6.45, 7) is 9.18. The maximum absolute atomic E-state index is 12.4. The monoisotopic (exact) mass is 650 g/mol. The number of methoxy groups -OCH3 is 2. The summed E-state index contributed by atoms with van der Waals surface area (Å²) in [5.74, 6) is -0.376. The summed E-state index contributed by atoms with van der Waals surface area (Å²) in [6, 6.07) is 4.58. The van der Waals surface area contributed by atoms with Crippen LogP contribution in [0.3, 0.4) is 0 Å². The number of nitrogens with one attached hydrogen (secondary N) is 1. The molecular formula is C30H42N4O10S. The highest BCUT2D eigenvalue weighted by molar-refractivity contribution is 7.71. The lowest BCUT2D eigenvalue weighted by molar-refractivity contribution is -0.239. The van der Waals surface area contributed by atoms with Gasteiger partial charge in [0.15, 0.2) is 34.7 Å². The molecule has 1 aliphatic heterocycles. The number of carbonyl (C=O) groups excluding carboxylic acids is 4. The van der Waals surface area contributed by atoms with Gasteiger partial charge in [0.05, 0.1) is 14.2 Å². The lowest BCUT2D eigenvalue weighted by atomic mass is 9.95. The van der Waals surface area contributed by atoms with Crippen molar-refractivity contribution in [2.45, 2.75) is 91.5 Å². The quantitative estimate of drug-likeness (QED) is 0.192. The number of rotatable bonds is 13. The van der Waals surface area contributed by atoms with Crippen LogP contribution in [0.5, 0.6) is 11.5 Å². The number of hydrogen-bond donors (Lipinski definition) is 1. The van der Waals surface area contributed by atoms with Crippen molar-refractivity contribution in [3.8, 4) is 11.5 Å². The average molecular weight is 651 g/mol. The number of benzene rings is 1. The van der Waals surface area contributed by atoms with Gasteiger partial charge in [-0.15, -0.1) is 0 Å². The van der Waals surface area contributed by atoms with Crippen molar-refractivity contribution in [2.24, 2.45) is 5.92 Å². The van der Waals surface area contributed by atoms with E-state index >= 15 is 0 Å². The molecule has 0 unspecified atom stereocenters. The van der Waals surface area contributed by atoms with E-state index < -0.39 is 54.4 Å². The van der Waals surface area contributed by atoms with Crippen molar-refractivity contribution in [3.63, 3.8) is 0 Å². The number of amides is 1. The van der Waals surface area contributed by atoms with Crippen LogP contribution in [-0.2, 0) is 57.5 Å². The van der Waals surface area contributed by atoms with Crippen molar-refractivity contribution >= 4 is 36.0 Å². The molecule has 45 heavy (non-hydrogen) atoms. The first kappa shape index (κ1) is 35.5. The number of nitrogens with zero attached hydrogens (tertiary/aromatic N) is 3. The van der Waals surface area contributed by atoms with E-state index in [0.717, 1.165) is 5.56 Å². The minimum Gasteiger partial charge on any atom is -0.493 e. The third-order valence-corrected chi connectivity index (χ3v) is 7.33. The number of aromatic nitrogens is 3. The first-order valence-corrected chi connectivity index (χ1v) is 15.0. The van der Waals surface area contributed by atoms with E-state index in [1.165, 1.54) is 32.4 Å². The standard InChI is InChI=1S/C30H42N4O10S/c1-16(2)14-33-25(12-10-21-9-11-22(39-7)23(13-21)40-8)32-34(30(33)45)29-26(31-17(3)35)28(43-20(6)38)27(42-19(5)37)24(44-29)15-41-18(4)36/h9,11,13,16,24,26-29H,10,12,14-15H2,1-8H3,(H,31,35)/t24-,26-,27-,28-,29-/m1/s1. The molecular weight excluding hydrogens is 608 g/mol. The zero-order valence-electron chi connectivity index (χ0n) is 26.9. The number of aryl methyl sites for hydroxylation is 2. The van der Waals surface area contributed by atoms with E-state index in [-0.39, 0.29) is 12.5 Å². The van der Waals surface area contributed by atoms with Gasteiger partial charge in [-0.25, -0.2) is 4.68 Å². The normalized spacial score (nSPS) is 21.1. The Kier molecular flexibility index (Phi) is 12.5. The van der Waals surface area contributed by atoms with E-state index in [4.69, 9.17) is 45.7 Å². The Bertz CT molecular complexity index is 1440. The number of carbonyl (C=O) groups is 4. The predicted octanol–water partition coefficient (Wildman–Crippen LogP) is 2.70. The molecule has 2 aromatic rings. The average Bonchev–Trinajstić information content (AvgIpc) is 3.25. The molecule has 0 aliphatic carbocycles. The second-order valence-corrected chi connectivity index (χ2v) is 11.4. The summed E-state index contributed by atoms with van der Waals surface area (Å²) in [5, 5.41) is 7.62. The van der Waals surface area contributed by atoms with Gasteiger partial charge in [-0.2, -0.15) is 5.10 Å². The smallest absolute Gasteiger partial charge is 0.303 e. The molecule has 14 nitrogen and oxygen atoms in total. The van der Waals surface area contributed by atoms with Crippen molar-refractivity contribution in [1.82, 2.24) is 19.7 Å². The highest BCUT2D eigenvalue weighted by atomic mass is 32.1. The summed E-state index contributed by atoms with van der Waals surface area (Å²) in [6.07, 6.45) is -3.62. The summed E-state index contributed by atoms with van der Waals surface area (Å²) in [5.41, 5.74) is 0.981. The minimum absolute atomic E-state index is 0.200. The summed E-state index contributed by atoms with van der Waals surface area (Å²) in [4.78, 5) is 48.6. The highest BCUT2D eigenvalue weighted by Crippen LogP contribution is 2.33. The zero-order valence-corrected chi connectivity index (χ0v) is 27.7. The van der Waals surface area contributed by atoms with Gasteiger partial charge in [0.25, 0.3) is 0 Å². The molecule has 3 rings (SSSR count). The van der Waals surface area contributed by atoms with E-state index in [2.05, 4.69) is 5.32 Å². The van der Waals surface area contributed by atoms with Crippen LogP contribution < -0.4 is 14.8 Å². The second-order valence-electron chi connectivity index (χ2n) is 11.1. The zero-order chi connectivity index (χ0) is 33.4. The van der Waals surface area contributed by atoms with E-state index in [1.54, 1.807) is 14.2 Å². The maximum Gasteiger partial charge on any atom is 0.303 e. The Balaban J connectivity index is 2.11. The molecule has 2 heterocycles. The largest absolute Gasteiger partial charge is 0.493 e. The van der Waals surface area contributed by atoms with Gasteiger partial charge >= 0.3 is 17.9 Å². The molecule has 0 radical (unpaired) electrons. The van der Waals surface area contributed by atoms with Crippen molar-refractivity contribution in [3.05, 3.63) is 34.4 Å². The predicted molar refractivity (Wildman–Crippen MR) is 162 cm³/mol. The molecule has 1 N–H and O–H groups in total. The van der Waals surface area contributed by atoms with Crippen LogP contribution in [0.15, 0.2) is 18.2 Å². The third-order valence-electron chi connectivity index (χ3n) is 6.93. The van der Waals surface area contributed by atoms with Gasteiger partial charge in [-0.3, -0.25) is 19.2 Å². The topological polar surface area (TPSA) is 158 Å². The first-order chi connectivity index (χ1) is 21.2. The molecule has 1 aromatic carbocycles. The summed E-state index contributed by atoms with van der Waals surface area (Å²) < 4.78 is 37.2. The van der Waals surface area contributed by atoms with Gasteiger partial charge in [0, 0.05) is 40.7 Å².